The van der Waals surface area contributed by atoms with Gasteiger partial charge < -0.3 is 20.3 Å². The fourth-order valence-corrected chi connectivity index (χ4v) is 7.46. The Morgan fingerprint density at radius 1 is 0.877 bits per heavy atom. The first-order chi connectivity index (χ1) is 26.9. The van der Waals surface area contributed by atoms with E-state index in [-0.39, 0.29) is 36.6 Å². The summed E-state index contributed by atoms with van der Waals surface area (Å²) in [6.07, 6.45) is 1.79. The Kier molecular flexibility index (Phi) is 13.3. The van der Waals surface area contributed by atoms with Crippen molar-refractivity contribution in [3.63, 3.8) is 0 Å². The summed E-state index contributed by atoms with van der Waals surface area (Å²) in [4.78, 5) is 69.8. The Morgan fingerprint density at radius 3 is 2.12 bits per heavy atom. The van der Waals surface area contributed by atoms with Crippen LogP contribution in [0.25, 0.3) is 11.3 Å². The van der Waals surface area contributed by atoms with E-state index in [2.05, 4.69) is 25.7 Å². The van der Waals surface area contributed by atoms with Gasteiger partial charge in [-0.3, -0.25) is 19.2 Å². The molecule has 15 nitrogen and oxygen atoms in total. The van der Waals surface area contributed by atoms with Crippen molar-refractivity contribution in [1.82, 2.24) is 35.2 Å². The van der Waals surface area contributed by atoms with E-state index >= 15 is 0 Å². The van der Waals surface area contributed by atoms with E-state index in [1.807, 2.05) is 44.2 Å². The number of carbonyl (C=O) groups excluding carboxylic acids is 5. The second-order valence-electron chi connectivity index (χ2n) is 15.5. The first-order valence-electron chi connectivity index (χ1n) is 18.7. The van der Waals surface area contributed by atoms with Crippen LogP contribution in [0.3, 0.4) is 0 Å². The first kappa shape index (κ1) is 42.2. The summed E-state index contributed by atoms with van der Waals surface area (Å²) in [7, 11) is -4.28. The number of nitrogens with one attached hydrogen (secondary N) is 3. The van der Waals surface area contributed by atoms with Crippen LogP contribution in [0.2, 0.25) is 0 Å². The van der Waals surface area contributed by atoms with Gasteiger partial charge >= 0.3 is 11.9 Å². The zero-order chi connectivity index (χ0) is 41.5. The molecule has 16 heteroatoms. The van der Waals surface area contributed by atoms with Crippen LogP contribution in [-0.4, -0.2) is 88.2 Å². The van der Waals surface area contributed by atoms with Crippen LogP contribution in [0.4, 0.5) is 0 Å². The Morgan fingerprint density at radius 2 is 1.51 bits per heavy atom. The number of rotatable bonds is 13. The molecule has 2 heterocycles. The summed E-state index contributed by atoms with van der Waals surface area (Å²) in [5.41, 5.74) is 1.89. The van der Waals surface area contributed by atoms with Gasteiger partial charge in [0.25, 0.3) is 15.9 Å². The molecule has 3 aromatic carbocycles. The number of carbonyl (C=O) groups is 5. The van der Waals surface area contributed by atoms with Gasteiger partial charge in [-0.15, -0.1) is 5.10 Å². The molecule has 302 valence electrons. The topological polar surface area (TPSA) is 199 Å². The highest BCUT2D eigenvalue weighted by molar-refractivity contribution is 7.90. The summed E-state index contributed by atoms with van der Waals surface area (Å²) < 4.78 is 35.3. The number of hydrogen-bond acceptors (Lipinski definition) is 10. The molecule has 1 fully saturated rings. The molecule has 0 radical (unpaired) electrons. The zero-order valence-electron chi connectivity index (χ0n) is 32.8. The van der Waals surface area contributed by atoms with Crippen molar-refractivity contribution in [1.29, 1.82) is 0 Å². The van der Waals surface area contributed by atoms with Gasteiger partial charge in [0.05, 0.1) is 17.1 Å². The molecule has 0 bridgehead atoms. The number of benzene rings is 3. The minimum absolute atomic E-state index is 0.0273. The Hall–Kier alpha value is -5.90. The number of aryl methyl sites for hydroxylation is 1. The molecule has 0 unspecified atom stereocenters. The highest BCUT2D eigenvalue weighted by Crippen LogP contribution is 2.30. The normalized spacial score (nSPS) is 16.7. The number of amides is 4. The van der Waals surface area contributed by atoms with Gasteiger partial charge in [-0.1, -0.05) is 97.4 Å². The molecule has 0 saturated carbocycles. The maximum Gasteiger partial charge on any atom is 0.397 e. The molecule has 5 rings (SSSR count). The van der Waals surface area contributed by atoms with Crippen LogP contribution in [0.1, 0.15) is 64.6 Å². The third kappa shape index (κ3) is 11.3. The van der Waals surface area contributed by atoms with Crippen molar-refractivity contribution in [2.45, 2.75) is 95.5 Å². The standard InChI is InChI=1S/C41H49N7O8S/c1-26(2)21-32(36(49)45-57(54,55)31-19-17-27(3)18-20-31)42-37(50)35-23-30(48-25-34(44-46-48)29-15-11-8-12-16-29)24-47(35)39(52)33(22-28-13-9-7-10-14-28)43-38(51)40(53)56-41(4,5)6/h7-20,25-26,30,32-33,35H,21-24H2,1-6H3,(H,42,50)(H,43,51)(H,45,49)/t30-,32-,33-,35-/m0/s1. The van der Waals surface area contributed by atoms with Gasteiger partial charge in [0.15, 0.2) is 0 Å². The van der Waals surface area contributed by atoms with Crippen LogP contribution in [0.15, 0.2) is 96.0 Å². The maximum absolute atomic E-state index is 14.7. The van der Waals surface area contributed by atoms with Crippen molar-refractivity contribution in [3.05, 3.63) is 102 Å². The van der Waals surface area contributed by atoms with Gasteiger partial charge in [0, 0.05) is 24.9 Å². The van der Waals surface area contributed by atoms with Gasteiger partial charge in [-0.05, 0) is 57.7 Å². The van der Waals surface area contributed by atoms with Gasteiger partial charge in [0.1, 0.15) is 29.4 Å². The number of sulfonamides is 1. The fourth-order valence-electron chi connectivity index (χ4n) is 6.44. The second-order valence-corrected chi connectivity index (χ2v) is 17.2. The Labute approximate surface area is 332 Å². The number of aromatic nitrogens is 3. The fraction of sp³-hybridized carbons (Fsp3) is 0.390. The zero-order valence-corrected chi connectivity index (χ0v) is 33.7. The number of hydrogen-bond donors (Lipinski definition) is 3. The van der Waals surface area contributed by atoms with E-state index in [0.29, 0.717) is 11.3 Å². The molecule has 0 aliphatic carbocycles. The van der Waals surface area contributed by atoms with Gasteiger partial charge in [0.2, 0.25) is 11.8 Å². The maximum atomic E-state index is 14.7. The summed E-state index contributed by atoms with van der Waals surface area (Å²) in [5.74, 6) is -4.81. The lowest BCUT2D eigenvalue weighted by Gasteiger charge is -2.30. The first-order valence-corrected chi connectivity index (χ1v) is 20.2. The Balaban J connectivity index is 1.46. The largest absolute Gasteiger partial charge is 0.453 e. The van der Waals surface area contributed by atoms with E-state index < -0.39 is 69.4 Å². The lowest BCUT2D eigenvalue weighted by atomic mass is 10.0. The van der Waals surface area contributed by atoms with Crippen molar-refractivity contribution in [2.75, 3.05) is 6.54 Å². The molecule has 1 aliphatic rings. The lowest BCUT2D eigenvalue weighted by Crippen LogP contribution is -2.57. The third-order valence-corrected chi connectivity index (χ3v) is 10.6. The third-order valence-electron chi connectivity index (χ3n) is 9.20. The number of likely N-dealkylation sites (tertiary alicyclic amines) is 1. The van der Waals surface area contributed by atoms with E-state index in [9.17, 15) is 32.4 Å². The van der Waals surface area contributed by atoms with Crippen LogP contribution < -0.4 is 15.4 Å². The summed E-state index contributed by atoms with van der Waals surface area (Å²) in [6.45, 7) is 10.2. The average Bonchev–Trinajstić information content (AvgIpc) is 3.83. The number of esters is 1. The van der Waals surface area contributed by atoms with Crippen LogP contribution in [0.5, 0.6) is 0 Å². The van der Waals surface area contributed by atoms with Crippen molar-refractivity contribution < 1.29 is 37.1 Å². The summed E-state index contributed by atoms with van der Waals surface area (Å²) in [6, 6.07) is 19.8. The summed E-state index contributed by atoms with van der Waals surface area (Å²) in [5, 5.41) is 13.9. The highest BCUT2D eigenvalue weighted by Gasteiger charge is 2.44. The van der Waals surface area contributed by atoms with Crippen LogP contribution in [-0.2, 0) is 45.2 Å². The van der Waals surface area contributed by atoms with Crippen LogP contribution >= 0.6 is 0 Å². The lowest BCUT2D eigenvalue weighted by molar-refractivity contribution is -0.164. The van der Waals surface area contributed by atoms with E-state index in [1.54, 1.807) is 81.0 Å². The average molecular weight is 800 g/mol. The predicted molar refractivity (Wildman–Crippen MR) is 210 cm³/mol. The number of ether oxygens (including phenoxy) is 1. The quantitative estimate of drug-likeness (QED) is 0.133. The van der Waals surface area contributed by atoms with Gasteiger partial charge in [-0.2, -0.15) is 0 Å². The van der Waals surface area contributed by atoms with Crippen LogP contribution in [0, 0.1) is 12.8 Å². The minimum Gasteiger partial charge on any atom is -0.453 e. The van der Waals surface area contributed by atoms with Crippen molar-refractivity contribution >= 4 is 39.6 Å². The molecular formula is C41H49N7O8S. The smallest absolute Gasteiger partial charge is 0.397 e. The Bertz CT molecular complexity index is 2170. The minimum atomic E-state index is -4.28. The molecule has 1 aliphatic heterocycles. The SMILES string of the molecule is Cc1ccc(S(=O)(=O)NC(=O)[C@H](CC(C)C)NC(=O)[C@@H]2C[C@H](n3cc(-c4ccccc4)nn3)CN2C(=O)[C@H](Cc2ccccc2)NC(=O)C(=O)OC(C)(C)C)cc1. The molecule has 57 heavy (non-hydrogen) atoms. The molecular weight excluding hydrogens is 751 g/mol. The van der Waals surface area contributed by atoms with E-state index in [4.69, 9.17) is 4.74 Å². The van der Waals surface area contributed by atoms with Crippen molar-refractivity contribution in [2.24, 2.45) is 5.92 Å². The number of nitrogens with zero attached hydrogens (tertiary/aromatic N) is 4. The molecule has 4 aromatic rings. The molecule has 3 N–H and O–H groups in total. The molecule has 1 saturated heterocycles. The van der Waals surface area contributed by atoms with Crippen molar-refractivity contribution in [3.8, 4) is 11.3 Å². The molecule has 4 amide bonds. The summed E-state index contributed by atoms with van der Waals surface area (Å²) >= 11 is 0. The molecule has 1 aromatic heterocycles. The molecule has 0 spiro atoms. The highest BCUT2D eigenvalue weighted by atomic mass is 32.2. The van der Waals surface area contributed by atoms with E-state index in [0.717, 1.165) is 11.1 Å². The van der Waals surface area contributed by atoms with Gasteiger partial charge in [-0.25, -0.2) is 22.6 Å². The van der Waals surface area contributed by atoms with E-state index in [1.165, 1.54) is 17.0 Å². The molecule has 4 atom stereocenters. The monoisotopic (exact) mass is 799 g/mol. The second kappa shape index (κ2) is 17.9. The predicted octanol–water partition coefficient (Wildman–Crippen LogP) is 3.50.